The summed E-state index contributed by atoms with van der Waals surface area (Å²) in [5.74, 6) is 0. The molecule has 1 fully saturated rings. The third-order valence-corrected chi connectivity index (χ3v) is 2.92. The van der Waals surface area contributed by atoms with Gasteiger partial charge >= 0.3 is 0 Å². The van der Waals surface area contributed by atoms with E-state index in [1.807, 2.05) is 6.07 Å². The summed E-state index contributed by atoms with van der Waals surface area (Å²) in [5.41, 5.74) is 8.85. The molecule has 1 aromatic carbocycles. The molecule has 1 aliphatic heterocycles. The van der Waals surface area contributed by atoms with Gasteiger partial charge in [-0.05, 0) is 42.9 Å². The number of morpholine rings is 1. The zero-order valence-corrected chi connectivity index (χ0v) is 10.7. The van der Waals surface area contributed by atoms with Crippen LogP contribution in [-0.4, -0.2) is 31.4 Å². The number of benzene rings is 1. The fraction of sp³-hybridized carbons (Fsp3) is 0.417. The summed E-state index contributed by atoms with van der Waals surface area (Å²) in [4.78, 5) is 2.34. The molecular formula is C12H17N3OS. The van der Waals surface area contributed by atoms with E-state index in [1.165, 1.54) is 11.3 Å². The second kappa shape index (κ2) is 5.33. The average Bonchev–Trinajstić information content (AvgIpc) is 2.29. The first-order valence-electron chi connectivity index (χ1n) is 5.66. The first-order chi connectivity index (χ1) is 8.16. The highest BCUT2D eigenvalue weighted by Gasteiger charge is 2.13. The van der Waals surface area contributed by atoms with Crippen LogP contribution >= 0.6 is 12.2 Å². The van der Waals surface area contributed by atoms with Gasteiger partial charge in [-0.2, -0.15) is 0 Å². The summed E-state index contributed by atoms with van der Waals surface area (Å²) in [6, 6.07) is 6.15. The van der Waals surface area contributed by atoms with Gasteiger partial charge in [0, 0.05) is 24.5 Å². The number of aryl methyl sites for hydroxylation is 1. The van der Waals surface area contributed by atoms with E-state index in [2.05, 4.69) is 29.3 Å². The zero-order valence-electron chi connectivity index (χ0n) is 9.90. The van der Waals surface area contributed by atoms with Crippen LogP contribution < -0.4 is 16.0 Å². The van der Waals surface area contributed by atoms with Gasteiger partial charge in [-0.3, -0.25) is 0 Å². The lowest BCUT2D eigenvalue weighted by Gasteiger charge is -2.30. The maximum Gasteiger partial charge on any atom is 0.168 e. The SMILES string of the molecule is Cc1cc(NC(N)=S)ccc1N1CCOCC1. The minimum atomic E-state index is 0.295. The van der Waals surface area contributed by atoms with Gasteiger partial charge < -0.3 is 20.7 Å². The van der Waals surface area contributed by atoms with Crippen LogP contribution in [0.15, 0.2) is 18.2 Å². The Bertz CT molecular complexity index is 416. The summed E-state index contributed by atoms with van der Waals surface area (Å²) in [5, 5.41) is 3.24. The predicted octanol–water partition coefficient (Wildman–Crippen LogP) is 1.49. The molecule has 2 rings (SSSR count). The lowest BCUT2D eigenvalue weighted by atomic mass is 10.1. The van der Waals surface area contributed by atoms with Gasteiger partial charge in [-0.25, -0.2) is 0 Å². The number of thiocarbonyl (C=S) groups is 1. The minimum absolute atomic E-state index is 0.295. The van der Waals surface area contributed by atoms with Crippen molar-refractivity contribution >= 4 is 28.7 Å². The number of ether oxygens (including phenoxy) is 1. The third-order valence-electron chi connectivity index (χ3n) is 2.82. The monoisotopic (exact) mass is 251 g/mol. The molecule has 1 heterocycles. The van der Waals surface area contributed by atoms with Crippen LogP contribution in [0.3, 0.4) is 0 Å². The molecule has 5 heteroatoms. The molecular weight excluding hydrogens is 234 g/mol. The van der Waals surface area contributed by atoms with E-state index in [1.54, 1.807) is 0 Å². The zero-order chi connectivity index (χ0) is 12.3. The fourth-order valence-corrected chi connectivity index (χ4v) is 2.15. The number of nitrogens with two attached hydrogens (primary N) is 1. The van der Waals surface area contributed by atoms with Crippen molar-refractivity contribution in [1.82, 2.24) is 0 Å². The van der Waals surface area contributed by atoms with E-state index >= 15 is 0 Å². The minimum Gasteiger partial charge on any atom is -0.378 e. The number of anilines is 2. The third kappa shape index (κ3) is 3.08. The summed E-state index contributed by atoms with van der Waals surface area (Å²) < 4.78 is 5.35. The molecule has 0 aromatic heterocycles. The number of nitrogens with one attached hydrogen (secondary N) is 1. The van der Waals surface area contributed by atoms with Crippen LogP contribution in [0.25, 0.3) is 0 Å². The Hall–Kier alpha value is -1.33. The summed E-state index contributed by atoms with van der Waals surface area (Å²) in [7, 11) is 0. The molecule has 1 aliphatic rings. The van der Waals surface area contributed by atoms with E-state index in [9.17, 15) is 0 Å². The second-order valence-corrected chi connectivity index (χ2v) is 4.53. The van der Waals surface area contributed by atoms with Gasteiger partial charge in [0.05, 0.1) is 13.2 Å². The molecule has 1 saturated heterocycles. The molecule has 0 atom stereocenters. The van der Waals surface area contributed by atoms with Crippen LogP contribution in [0.1, 0.15) is 5.56 Å². The molecule has 0 radical (unpaired) electrons. The number of hydrogen-bond donors (Lipinski definition) is 2. The molecule has 0 saturated carbocycles. The van der Waals surface area contributed by atoms with Crippen molar-refractivity contribution in [3.05, 3.63) is 23.8 Å². The van der Waals surface area contributed by atoms with Gasteiger partial charge in [-0.1, -0.05) is 0 Å². The van der Waals surface area contributed by atoms with Crippen LogP contribution in [0.4, 0.5) is 11.4 Å². The Morgan fingerprint density at radius 1 is 1.41 bits per heavy atom. The van der Waals surface area contributed by atoms with Gasteiger partial charge in [-0.15, -0.1) is 0 Å². The van der Waals surface area contributed by atoms with Crippen molar-refractivity contribution in [1.29, 1.82) is 0 Å². The van der Waals surface area contributed by atoms with E-state index in [4.69, 9.17) is 22.7 Å². The highest BCUT2D eigenvalue weighted by atomic mass is 32.1. The summed E-state index contributed by atoms with van der Waals surface area (Å²) in [6.07, 6.45) is 0. The summed E-state index contributed by atoms with van der Waals surface area (Å²) >= 11 is 4.82. The summed E-state index contributed by atoms with van der Waals surface area (Å²) in [6.45, 7) is 5.58. The molecule has 0 amide bonds. The van der Waals surface area contributed by atoms with E-state index in [0.29, 0.717) is 5.11 Å². The van der Waals surface area contributed by atoms with Crippen LogP contribution in [0.2, 0.25) is 0 Å². The van der Waals surface area contributed by atoms with Crippen molar-refractivity contribution in [2.45, 2.75) is 6.92 Å². The van der Waals surface area contributed by atoms with Gasteiger partial charge in [0.25, 0.3) is 0 Å². The topological polar surface area (TPSA) is 50.5 Å². The van der Waals surface area contributed by atoms with Crippen molar-refractivity contribution < 1.29 is 4.74 Å². The number of rotatable bonds is 2. The molecule has 1 aromatic rings. The second-order valence-electron chi connectivity index (χ2n) is 4.09. The largest absolute Gasteiger partial charge is 0.378 e. The maximum atomic E-state index is 5.45. The van der Waals surface area contributed by atoms with Crippen molar-refractivity contribution in [2.24, 2.45) is 5.73 Å². The molecule has 4 nitrogen and oxygen atoms in total. The van der Waals surface area contributed by atoms with Crippen molar-refractivity contribution in [2.75, 3.05) is 36.5 Å². The molecule has 0 aliphatic carbocycles. The lowest BCUT2D eigenvalue weighted by molar-refractivity contribution is 0.122. The Kier molecular flexibility index (Phi) is 3.81. The fourth-order valence-electron chi connectivity index (χ4n) is 2.03. The molecule has 92 valence electrons. The Morgan fingerprint density at radius 3 is 2.71 bits per heavy atom. The van der Waals surface area contributed by atoms with E-state index < -0.39 is 0 Å². The quantitative estimate of drug-likeness (QED) is 0.780. The normalized spacial score (nSPS) is 15.7. The molecule has 3 N–H and O–H groups in total. The maximum absolute atomic E-state index is 5.45. The highest BCUT2D eigenvalue weighted by molar-refractivity contribution is 7.80. The standard InChI is InChI=1S/C12H17N3OS/c1-9-8-10(14-12(13)17)2-3-11(9)15-4-6-16-7-5-15/h2-3,8H,4-7H2,1H3,(H3,13,14,17). The number of hydrogen-bond acceptors (Lipinski definition) is 3. The molecule has 17 heavy (non-hydrogen) atoms. The van der Waals surface area contributed by atoms with E-state index in [-0.39, 0.29) is 0 Å². The Balaban J connectivity index is 2.15. The molecule has 0 spiro atoms. The van der Waals surface area contributed by atoms with Crippen LogP contribution in [-0.2, 0) is 4.74 Å². The molecule has 0 bridgehead atoms. The molecule has 0 unspecified atom stereocenters. The lowest BCUT2D eigenvalue weighted by Crippen LogP contribution is -2.36. The smallest absolute Gasteiger partial charge is 0.168 e. The van der Waals surface area contributed by atoms with E-state index in [0.717, 1.165) is 32.0 Å². The first-order valence-corrected chi connectivity index (χ1v) is 6.07. The Labute approximate surface area is 107 Å². The van der Waals surface area contributed by atoms with Crippen molar-refractivity contribution in [3.63, 3.8) is 0 Å². The van der Waals surface area contributed by atoms with Crippen molar-refractivity contribution in [3.8, 4) is 0 Å². The van der Waals surface area contributed by atoms with Gasteiger partial charge in [0.15, 0.2) is 5.11 Å². The van der Waals surface area contributed by atoms with Gasteiger partial charge in [0.2, 0.25) is 0 Å². The van der Waals surface area contributed by atoms with Gasteiger partial charge in [0.1, 0.15) is 0 Å². The average molecular weight is 251 g/mol. The van der Waals surface area contributed by atoms with Crippen LogP contribution in [0, 0.1) is 6.92 Å². The predicted molar refractivity (Wildman–Crippen MR) is 74.6 cm³/mol. The highest BCUT2D eigenvalue weighted by Crippen LogP contribution is 2.24. The first kappa shape index (κ1) is 12.1. The number of nitrogens with zero attached hydrogens (tertiary/aromatic N) is 1. The Morgan fingerprint density at radius 2 is 2.12 bits per heavy atom. The van der Waals surface area contributed by atoms with Crippen LogP contribution in [0.5, 0.6) is 0 Å².